The Labute approximate surface area is 111 Å². The van der Waals surface area contributed by atoms with Crippen LogP contribution in [0.3, 0.4) is 0 Å². The van der Waals surface area contributed by atoms with Gasteiger partial charge in [-0.25, -0.2) is 13.4 Å². The molecule has 0 radical (unpaired) electrons. The van der Waals surface area contributed by atoms with Crippen molar-refractivity contribution in [2.24, 2.45) is 5.92 Å². The Hall–Kier alpha value is -1.40. The summed E-state index contributed by atoms with van der Waals surface area (Å²) in [5, 5.41) is 10.1. The summed E-state index contributed by atoms with van der Waals surface area (Å²) in [6.07, 6.45) is 0.0591. The molecule has 0 aliphatic carbocycles. The molecule has 0 bridgehead atoms. The molecule has 3 rings (SSSR count). The fourth-order valence-electron chi connectivity index (χ4n) is 2.48. The molecule has 0 amide bonds. The quantitative estimate of drug-likeness (QED) is 0.913. The lowest BCUT2D eigenvalue weighted by Crippen LogP contribution is -2.24. The Bertz CT molecular complexity index is 658. The minimum Gasteiger partial charge on any atom is -0.441 e. The summed E-state index contributed by atoms with van der Waals surface area (Å²) in [5.74, 6) is 0.481. The van der Waals surface area contributed by atoms with E-state index >= 15 is 0 Å². The number of hydrogen-bond acceptors (Lipinski definition) is 5. The average Bonchev–Trinajstić information content (AvgIpc) is 2.91. The minimum atomic E-state index is -2.97. The molecule has 1 aromatic carbocycles. The van der Waals surface area contributed by atoms with Gasteiger partial charge >= 0.3 is 0 Å². The first-order valence-electron chi connectivity index (χ1n) is 6.26. The van der Waals surface area contributed by atoms with Crippen molar-refractivity contribution < 1.29 is 17.9 Å². The van der Waals surface area contributed by atoms with Gasteiger partial charge in [0.05, 0.1) is 24.0 Å². The lowest BCUT2D eigenvalue weighted by atomic mass is 9.99. The normalized spacial score (nSPS) is 23.7. The number of benzene rings is 1. The number of oxazole rings is 1. The number of hydrogen-bond donors (Lipinski definition) is 1. The van der Waals surface area contributed by atoms with Crippen LogP contribution in [-0.4, -0.2) is 36.1 Å². The van der Waals surface area contributed by atoms with Gasteiger partial charge in [0.15, 0.2) is 21.3 Å². The van der Waals surface area contributed by atoms with Gasteiger partial charge in [-0.05, 0) is 18.6 Å². The highest BCUT2D eigenvalue weighted by Gasteiger charge is 2.33. The first-order valence-corrected chi connectivity index (χ1v) is 8.08. The van der Waals surface area contributed by atoms with Crippen LogP contribution < -0.4 is 0 Å². The molecule has 1 N–H and O–H groups in total. The van der Waals surface area contributed by atoms with E-state index in [1.165, 1.54) is 0 Å². The van der Waals surface area contributed by atoms with E-state index in [1.807, 2.05) is 24.3 Å². The van der Waals surface area contributed by atoms with Gasteiger partial charge in [-0.15, -0.1) is 0 Å². The Morgan fingerprint density at radius 3 is 2.89 bits per heavy atom. The lowest BCUT2D eigenvalue weighted by Gasteiger charge is -2.14. The molecule has 6 heteroatoms. The fraction of sp³-hybridized carbons (Fsp3) is 0.462. The largest absolute Gasteiger partial charge is 0.441 e. The van der Waals surface area contributed by atoms with Crippen LogP contribution in [0.2, 0.25) is 0 Å². The van der Waals surface area contributed by atoms with E-state index in [9.17, 15) is 13.5 Å². The summed E-state index contributed by atoms with van der Waals surface area (Å²) in [6, 6.07) is 7.39. The van der Waals surface area contributed by atoms with Gasteiger partial charge < -0.3 is 9.52 Å². The molecular weight excluding hydrogens is 266 g/mol. The van der Waals surface area contributed by atoms with Crippen LogP contribution in [0.25, 0.3) is 11.1 Å². The van der Waals surface area contributed by atoms with Crippen molar-refractivity contribution in [1.82, 2.24) is 4.98 Å². The van der Waals surface area contributed by atoms with Gasteiger partial charge in [0.1, 0.15) is 5.52 Å². The van der Waals surface area contributed by atoms with Crippen molar-refractivity contribution in [3.05, 3.63) is 30.2 Å². The highest BCUT2D eigenvalue weighted by molar-refractivity contribution is 7.91. The number of aliphatic hydroxyl groups excluding tert-OH is 1. The SMILES string of the molecule is O=S1(=O)CCC(C(O)Cc2nc3ccccc3o2)C1. The smallest absolute Gasteiger partial charge is 0.198 e. The summed E-state index contributed by atoms with van der Waals surface area (Å²) in [4.78, 5) is 4.28. The van der Waals surface area contributed by atoms with Gasteiger partial charge in [-0.3, -0.25) is 0 Å². The third-order valence-corrected chi connectivity index (χ3v) is 5.33. The minimum absolute atomic E-state index is 0.0639. The van der Waals surface area contributed by atoms with Crippen LogP contribution >= 0.6 is 0 Å². The molecule has 1 aliphatic heterocycles. The molecule has 1 aromatic heterocycles. The molecule has 2 heterocycles. The molecule has 1 aliphatic rings. The first-order chi connectivity index (χ1) is 9.03. The molecule has 2 unspecified atom stereocenters. The molecule has 1 saturated heterocycles. The van der Waals surface area contributed by atoms with Gasteiger partial charge in [-0.1, -0.05) is 12.1 Å². The standard InChI is InChI=1S/C13H15NO4S/c15-11(9-5-6-19(16,17)8-9)7-13-14-10-3-1-2-4-12(10)18-13/h1-4,9,11,15H,5-8H2. The second-order valence-corrected chi connectivity index (χ2v) is 7.24. The molecule has 5 nitrogen and oxygen atoms in total. The molecule has 0 saturated carbocycles. The van der Waals surface area contributed by atoms with Crippen molar-refractivity contribution in [3.63, 3.8) is 0 Å². The average molecular weight is 281 g/mol. The predicted molar refractivity (Wildman–Crippen MR) is 70.5 cm³/mol. The molecule has 0 spiro atoms. The molecule has 102 valence electrons. The molecular formula is C13H15NO4S. The monoisotopic (exact) mass is 281 g/mol. The van der Waals surface area contributed by atoms with Gasteiger partial charge in [0, 0.05) is 5.92 Å². The van der Waals surface area contributed by atoms with Crippen LogP contribution in [0.15, 0.2) is 28.7 Å². The number of rotatable bonds is 3. The maximum atomic E-state index is 11.4. The van der Waals surface area contributed by atoms with E-state index in [-0.39, 0.29) is 23.8 Å². The summed E-state index contributed by atoms with van der Waals surface area (Å²) in [7, 11) is -2.97. The fourth-order valence-corrected chi connectivity index (χ4v) is 4.35. The number of nitrogens with zero attached hydrogens (tertiary/aromatic N) is 1. The third kappa shape index (κ3) is 2.64. The number of fused-ring (bicyclic) bond motifs is 1. The first kappa shape index (κ1) is 12.6. The predicted octanol–water partition coefficient (Wildman–Crippen LogP) is 1.17. The molecule has 19 heavy (non-hydrogen) atoms. The van der Waals surface area contributed by atoms with Crippen LogP contribution in [-0.2, 0) is 16.3 Å². The van der Waals surface area contributed by atoms with E-state index in [2.05, 4.69) is 4.98 Å². The van der Waals surface area contributed by atoms with E-state index < -0.39 is 15.9 Å². The Morgan fingerprint density at radius 2 is 2.21 bits per heavy atom. The zero-order valence-corrected chi connectivity index (χ0v) is 11.1. The molecule has 2 aromatic rings. The maximum absolute atomic E-state index is 11.4. The Morgan fingerprint density at radius 1 is 1.42 bits per heavy atom. The number of aromatic nitrogens is 1. The zero-order valence-electron chi connectivity index (χ0n) is 10.3. The highest BCUT2D eigenvalue weighted by Crippen LogP contribution is 2.24. The second kappa shape index (κ2) is 4.61. The van der Waals surface area contributed by atoms with E-state index in [0.717, 1.165) is 5.52 Å². The summed E-state index contributed by atoms with van der Waals surface area (Å²) in [6.45, 7) is 0. The molecule has 1 fully saturated rings. The van der Waals surface area contributed by atoms with E-state index in [4.69, 9.17) is 4.42 Å². The number of sulfone groups is 1. The van der Waals surface area contributed by atoms with Gasteiger partial charge in [0.2, 0.25) is 0 Å². The second-order valence-electron chi connectivity index (χ2n) is 5.01. The van der Waals surface area contributed by atoms with Crippen LogP contribution in [0.5, 0.6) is 0 Å². The summed E-state index contributed by atoms with van der Waals surface area (Å²) in [5.41, 5.74) is 1.44. The van der Waals surface area contributed by atoms with Crippen molar-refractivity contribution in [1.29, 1.82) is 0 Å². The lowest BCUT2D eigenvalue weighted by molar-refractivity contribution is 0.113. The Balaban J connectivity index is 1.74. The van der Waals surface area contributed by atoms with Crippen molar-refractivity contribution in [2.45, 2.75) is 18.9 Å². The van der Waals surface area contributed by atoms with Crippen LogP contribution in [0.4, 0.5) is 0 Å². The summed E-state index contributed by atoms with van der Waals surface area (Å²) < 4.78 is 28.3. The van der Waals surface area contributed by atoms with Crippen LogP contribution in [0.1, 0.15) is 12.3 Å². The molecule has 2 atom stereocenters. The van der Waals surface area contributed by atoms with E-state index in [0.29, 0.717) is 17.9 Å². The van der Waals surface area contributed by atoms with Crippen molar-refractivity contribution in [3.8, 4) is 0 Å². The Kier molecular flexibility index (Phi) is 3.06. The van der Waals surface area contributed by atoms with Crippen LogP contribution in [0, 0.1) is 5.92 Å². The summed E-state index contributed by atoms with van der Waals surface area (Å²) >= 11 is 0. The maximum Gasteiger partial charge on any atom is 0.198 e. The number of aliphatic hydroxyl groups is 1. The van der Waals surface area contributed by atoms with E-state index in [1.54, 1.807) is 0 Å². The third-order valence-electron chi connectivity index (χ3n) is 3.53. The highest BCUT2D eigenvalue weighted by atomic mass is 32.2. The van der Waals surface area contributed by atoms with Gasteiger partial charge in [-0.2, -0.15) is 0 Å². The van der Waals surface area contributed by atoms with Crippen molar-refractivity contribution >= 4 is 20.9 Å². The zero-order chi connectivity index (χ0) is 13.5. The van der Waals surface area contributed by atoms with Gasteiger partial charge in [0.25, 0.3) is 0 Å². The number of para-hydroxylation sites is 2. The topological polar surface area (TPSA) is 80.4 Å². The van der Waals surface area contributed by atoms with Crippen molar-refractivity contribution in [2.75, 3.05) is 11.5 Å².